The summed E-state index contributed by atoms with van der Waals surface area (Å²) in [6.45, 7) is 5.29. The van der Waals surface area contributed by atoms with E-state index < -0.39 is 12.1 Å². The first kappa shape index (κ1) is 16.2. The zero-order valence-electron chi connectivity index (χ0n) is 13.9. The Morgan fingerprint density at radius 1 is 1.29 bits per heavy atom. The summed E-state index contributed by atoms with van der Waals surface area (Å²) in [7, 11) is 1.40. The molecule has 2 atom stereocenters. The Bertz CT molecular complexity index is 770. The van der Waals surface area contributed by atoms with E-state index in [2.05, 4.69) is 6.58 Å². The van der Waals surface area contributed by atoms with E-state index in [1.807, 2.05) is 36.4 Å². The van der Waals surface area contributed by atoms with Crippen LogP contribution in [0.2, 0.25) is 0 Å². The minimum Gasteiger partial charge on any atom is -0.469 e. The Hall–Kier alpha value is -2.62. The third kappa shape index (κ3) is 2.80. The van der Waals surface area contributed by atoms with Crippen molar-refractivity contribution in [1.29, 1.82) is 0 Å². The highest BCUT2D eigenvalue weighted by Crippen LogP contribution is 2.50. The number of hydrogen-bond donors (Lipinski definition) is 0. The molecular weight excluding hydrogens is 304 g/mol. The molecule has 0 fully saturated rings. The zero-order chi connectivity index (χ0) is 17.3. The van der Waals surface area contributed by atoms with Crippen LogP contribution < -0.4 is 0 Å². The molecule has 0 radical (unpaired) electrons. The smallest absolute Gasteiger partial charge is 0.334 e. The first-order chi connectivity index (χ1) is 11.5. The predicted molar refractivity (Wildman–Crippen MR) is 90.9 cm³/mol. The molecule has 0 heterocycles. The molecule has 0 N–H and O–H groups in total. The van der Waals surface area contributed by atoms with Crippen LogP contribution in [0.15, 0.2) is 54.1 Å². The van der Waals surface area contributed by atoms with Crippen molar-refractivity contribution < 1.29 is 19.1 Å². The summed E-state index contributed by atoms with van der Waals surface area (Å²) in [6, 6.07) is 7.87. The maximum atomic E-state index is 12.0. The third-order valence-corrected chi connectivity index (χ3v) is 4.47. The maximum Gasteiger partial charge on any atom is 0.334 e. The molecule has 4 heteroatoms. The molecule has 24 heavy (non-hydrogen) atoms. The van der Waals surface area contributed by atoms with Crippen molar-refractivity contribution in [2.24, 2.45) is 5.92 Å². The van der Waals surface area contributed by atoms with Gasteiger partial charge in [-0.05, 0) is 30.4 Å². The van der Waals surface area contributed by atoms with Crippen LogP contribution in [0.4, 0.5) is 0 Å². The molecule has 124 valence electrons. The second kappa shape index (κ2) is 6.48. The second-order valence-electron chi connectivity index (χ2n) is 6.14. The Kier molecular flexibility index (Phi) is 4.38. The Morgan fingerprint density at radius 2 is 2.04 bits per heavy atom. The third-order valence-electron chi connectivity index (χ3n) is 4.47. The summed E-state index contributed by atoms with van der Waals surface area (Å²) in [6.07, 6.45) is 4.66. The number of rotatable bonds is 4. The van der Waals surface area contributed by atoms with Crippen LogP contribution >= 0.6 is 0 Å². The number of fused-ring (bicyclic) bond motifs is 2. The van der Waals surface area contributed by atoms with Gasteiger partial charge in [0.2, 0.25) is 0 Å². The highest BCUT2D eigenvalue weighted by molar-refractivity contribution is 5.90. The topological polar surface area (TPSA) is 52.6 Å². The van der Waals surface area contributed by atoms with Crippen LogP contribution in [0.3, 0.4) is 0 Å². The molecule has 0 amide bonds. The fourth-order valence-electron chi connectivity index (χ4n) is 3.35. The summed E-state index contributed by atoms with van der Waals surface area (Å²) in [5.41, 5.74) is 4.40. The van der Waals surface area contributed by atoms with E-state index >= 15 is 0 Å². The fraction of sp³-hybridized carbons (Fsp3) is 0.300. The predicted octanol–water partition coefficient (Wildman–Crippen LogP) is 3.75. The van der Waals surface area contributed by atoms with E-state index in [-0.39, 0.29) is 11.9 Å². The van der Waals surface area contributed by atoms with Gasteiger partial charge in [0.15, 0.2) is 6.10 Å². The monoisotopic (exact) mass is 324 g/mol. The number of methoxy groups -OCH3 is 1. The van der Waals surface area contributed by atoms with Gasteiger partial charge in [-0.25, -0.2) is 4.79 Å². The molecule has 1 aromatic carbocycles. The molecule has 0 spiro atoms. The van der Waals surface area contributed by atoms with Gasteiger partial charge in [-0.3, -0.25) is 4.79 Å². The number of carbonyl (C=O) groups is 2. The summed E-state index contributed by atoms with van der Waals surface area (Å²) in [4.78, 5) is 23.8. The average molecular weight is 324 g/mol. The summed E-state index contributed by atoms with van der Waals surface area (Å²) >= 11 is 0. The molecule has 0 aliphatic heterocycles. The van der Waals surface area contributed by atoms with Gasteiger partial charge >= 0.3 is 11.9 Å². The molecule has 4 nitrogen and oxygen atoms in total. The van der Waals surface area contributed by atoms with Crippen LogP contribution in [-0.4, -0.2) is 19.0 Å². The first-order valence-electron chi connectivity index (χ1n) is 7.96. The Balaban J connectivity index is 2.02. The molecule has 0 bridgehead atoms. The van der Waals surface area contributed by atoms with Crippen molar-refractivity contribution in [2.75, 3.05) is 7.11 Å². The Labute approximate surface area is 141 Å². The van der Waals surface area contributed by atoms with Gasteiger partial charge in [0.1, 0.15) is 0 Å². The van der Waals surface area contributed by atoms with Gasteiger partial charge in [0, 0.05) is 16.7 Å². The van der Waals surface area contributed by atoms with E-state index in [1.165, 1.54) is 7.11 Å². The molecule has 0 saturated carbocycles. The van der Waals surface area contributed by atoms with Gasteiger partial charge < -0.3 is 9.47 Å². The molecule has 1 aromatic rings. The standard InChI is InChI=1S/C20H20O4/c1-12(2)20(22)24-19-15-9-5-4-8-14(15)18-13(11-17(21)23-3)7-6-10-16(18)19/h4-6,8-10,13,19H,1,7,11H2,2-3H3. The fourth-order valence-corrected chi connectivity index (χ4v) is 3.35. The number of carbonyl (C=O) groups excluding carboxylic acids is 2. The minimum absolute atomic E-state index is 0.0344. The quantitative estimate of drug-likeness (QED) is 0.625. The van der Waals surface area contributed by atoms with E-state index in [9.17, 15) is 9.59 Å². The van der Waals surface area contributed by atoms with E-state index in [1.54, 1.807) is 6.92 Å². The maximum absolute atomic E-state index is 12.0. The van der Waals surface area contributed by atoms with Crippen molar-refractivity contribution in [2.45, 2.75) is 25.9 Å². The number of ether oxygens (including phenoxy) is 2. The van der Waals surface area contributed by atoms with Crippen molar-refractivity contribution in [1.82, 2.24) is 0 Å². The molecular formula is C20H20O4. The van der Waals surface area contributed by atoms with Crippen LogP contribution in [-0.2, 0) is 19.1 Å². The van der Waals surface area contributed by atoms with Crippen LogP contribution in [0.25, 0.3) is 5.57 Å². The number of benzene rings is 1. The van der Waals surface area contributed by atoms with Gasteiger partial charge in [0.05, 0.1) is 13.5 Å². The summed E-state index contributed by atoms with van der Waals surface area (Å²) in [5.74, 6) is -0.610. The molecule has 2 aliphatic rings. The SMILES string of the molecule is C=C(C)C(=O)OC1C2=C(c3ccccc31)C(CC(=O)OC)CC=C2. The van der Waals surface area contributed by atoms with Crippen LogP contribution in [0, 0.1) is 5.92 Å². The average Bonchev–Trinajstić information content (AvgIpc) is 2.90. The largest absolute Gasteiger partial charge is 0.469 e. The highest BCUT2D eigenvalue weighted by Gasteiger charge is 2.37. The van der Waals surface area contributed by atoms with Crippen molar-refractivity contribution in [3.63, 3.8) is 0 Å². The van der Waals surface area contributed by atoms with E-state index in [0.29, 0.717) is 12.0 Å². The number of allylic oxidation sites excluding steroid dienone is 2. The van der Waals surface area contributed by atoms with Gasteiger partial charge in [-0.1, -0.05) is 43.0 Å². The molecule has 0 saturated heterocycles. The lowest BCUT2D eigenvalue weighted by Gasteiger charge is -2.22. The summed E-state index contributed by atoms with van der Waals surface area (Å²) < 4.78 is 10.5. The lowest BCUT2D eigenvalue weighted by Crippen LogP contribution is -2.15. The Morgan fingerprint density at radius 3 is 2.75 bits per heavy atom. The highest BCUT2D eigenvalue weighted by atomic mass is 16.5. The normalized spacial score (nSPS) is 21.1. The molecule has 0 aromatic heterocycles. The second-order valence-corrected chi connectivity index (χ2v) is 6.14. The molecule has 2 aliphatic carbocycles. The van der Waals surface area contributed by atoms with E-state index in [0.717, 1.165) is 28.7 Å². The van der Waals surface area contributed by atoms with Crippen LogP contribution in [0.5, 0.6) is 0 Å². The van der Waals surface area contributed by atoms with Gasteiger partial charge in [0.25, 0.3) is 0 Å². The number of esters is 2. The van der Waals surface area contributed by atoms with Gasteiger partial charge in [-0.15, -0.1) is 0 Å². The number of hydrogen-bond acceptors (Lipinski definition) is 4. The lowest BCUT2D eigenvalue weighted by atomic mass is 9.84. The summed E-state index contributed by atoms with van der Waals surface area (Å²) in [5, 5.41) is 0. The van der Waals surface area contributed by atoms with Crippen molar-refractivity contribution in [3.8, 4) is 0 Å². The first-order valence-corrected chi connectivity index (χ1v) is 7.96. The molecule has 2 unspecified atom stereocenters. The van der Waals surface area contributed by atoms with Crippen molar-refractivity contribution >= 4 is 17.5 Å². The van der Waals surface area contributed by atoms with E-state index in [4.69, 9.17) is 9.47 Å². The zero-order valence-corrected chi connectivity index (χ0v) is 13.9. The lowest BCUT2D eigenvalue weighted by molar-refractivity contribution is -0.143. The minimum atomic E-state index is -0.447. The van der Waals surface area contributed by atoms with Crippen LogP contribution in [0.1, 0.15) is 37.0 Å². The molecule has 3 rings (SSSR count). The van der Waals surface area contributed by atoms with Crippen molar-refractivity contribution in [3.05, 3.63) is 65.3 Å². The van der Waals surface area contributed by atoms with Gasteiger partial charge in [-0.2, -0.15) is 0 Å².